The summed E-state index contributed by atoms with van der Waals surface area (Å²) in [6, 6.07) is 0.608. The summed E-state index contributed by atoms with van der Waals surface area (Å²) in [5.41, 5.74) is 0.427. The van der Waals surface area contributed by atoms with Crippen LogP contribution in [-0.2, 0) is 4.74 Å². The van der Waals surface area contributed by atoms with Crippen LogP contribution in [0.15, 0.2) is 0 Å². The second-order valence-corrected chi connectivity index (χ2v) is 5.92. The summed E-state index contributed by atoms with van der Waals surface area (Å²) in [4.78, 5) is 0. The molecule has 0 radical (unpaired) electrons. The van der Waals surface area contributed by atoms with Gasteiger partial charge in [0, 0.05) is 30.5 Å². The van der Waals surface area contributed by atoms with Crippen molar-refractivity contribution < 1.29 is 9.84 Å². The summed E-state index contributed by atoms with van der Waals surface area (Å²) >= 11 is 0. The van der Waals surface area contributed by atoms with Crippen molar-refractivity contribution in [1.82, 2.24) is 5.32 Å². The van der Waals surface area contributed by atoms with Crippen LogP contribution in [0, 0.1) is 11.3 Å². The van der Waals surface area contributed by atoms with Gasteiger partial charge in [-0.3, -0.25) is 0 Å². The Bertz CT molecular complexity index is 261. The molecular formula is C13H23NO2. The van der Waals surface area contributed by atoms with Gasteiger partial charge in [-0.1, -0.05) is 12.8 Å². The Morgan fingerprint density at radius 2 is 2.19 bits per heavy atom. The molecule has 1 saturated heterocycles. The Hall–Kier alpha value is -0.120. The number of nitrogens with one attached hydrogen (secondary N) is 1. The molecule has 3 nitrogen and oxygen atoms in total. The molecule has 3 rings (SSSR count). The molecule has 4 atom stereocenters. The summed E-state index contributed by atoms with van der Waals surface area (Å²) in [5.74, 6) is 0.719. The lowest BCUT2D eigenvalue weighted by Gasteiger charge is -2.57. The number of aliphatic hydroxyl groups excluding tert-OH is 1. The lowest BCUT2D eigenvalue weighted by Crippen LogP contribution is -2.67. The van der Waals surface area contributed by atoms with Gasteiger partial charge >= 0.3 is 0 Å². The topological polar surface area (TPSA) is 41.5 Å². The van der Waals surface area contributed by atoms with Crippen LogP contribution in [-0.4, -0.2) is 36.5 Å². The minimum absolute atomic E-state index is 0.236. The smallest absolute Gasteiger partial charge is 0.0690 e. The number of hydrogen-bond acceptors (Lipinski definition) is 3. The molecule has 2 aliphatic carbocycles. The Morgan fingerprint density at radius 1 is 1.44 bits per heavy atom. The maximum atomic E-state index is 9.40. The molecule has 2 N–H and O–H groups in total. The average Bonchev–Trinajstić information content (AvgIpc) is 2.82. The predicted molar refractivity (Wildman–Crippen MR) is 62.2 cm³/mol. The van der Waals surface area contributed by atoms with Crippen LogP contribution < -0.4 is 5.32 Å². The lowest BCUT2D eigenvalue weighted by atomic mass is 9.54. The van der Waals surface area contributed by atoms with Crippen molar-refractivity contribution in [1.29, 1.82) is 0 Å². The fourth-order valence-corrected chi connectivity index (χ4v) is 4.31. The first-order valence-corrected chi connectivity index (χ1v) is 6.77. The highest BCUT2D eigenvalue weighted by atomic mass is 16.5. The van der Waals surface area contributed by atoms with Gasteiger partial charge < -0.3 is 15.2 Å². The van der Waals surface area contributed by atoms with Crippen LogP contribution in [0.5, 0.6) is 0 Å². The van der Waals surface area contributed by atoms with E-state index in [1.54, 1.807) is 0 Å². The zero-order chi connectivity index (χ0) is 11.2. The van der Waals surface area contributed by atoms with E-state index in [1.165, 1.54) is 32.1 Å². The molecule has 1 heterocycles. The zero-order valence-electron chi connectivity index (χ0n) is 10.1. The lowest BCUT2D eigenvalue weighted by molar-refractivity contribution is -0.131. The maximum absolute atomic E-state index is 9.40. The summed E-state index contributed by atoms with van der Waals surface area (Å²) in [5, 5.41) is 13.0. The second kappa shape index (κ2) is 3.97. The van der Waals surface area contributed by atoms with Gasteiger partial charge in [-0.2, -0.15) is 0 Å². The van der Waals surface area contributed by atoms with Gasteiger partial charge in [0.2, 0.25) is 0 Å². The molecule has 0 aromatic carbocycles. The van der Waals surface area contributed by atoms with Crippen molar-refractivity contribution in [2.75, 3.05) is 13.2 Å². The van der Waals surface area contributed by atoms with Crippen molar-refractivity contribution in [3.63, 3.8) is 0 Å². The third-order valence-electron chi connectivity index (χ3n) is 4.92. The van der Waals surface area contributed by atoms with Crippen LogP contribution in [0.25, 0.3) is 0 Å². The Balaban J connectivity index is 1.70. The molecule has 16 heavy (non-hydrogen) atoms. The molecule has 1 aliphatic heterocycles. The van der Waals surface area contributed by atoms with Gasteiger partial charge in [0.05, 0.1) is 12.2 Å². The molecule has 0 aromatic heterocycles. The van der Waals surface area contributed by atoms with Gasteiger partial charge in [0.15, 0.2) is 0 Å². The van der Waals surface area contributed by atoms with E-state index in [-0.39, 0.29) is 6.10 Å². The Labute approximate surface area is 97.6 Å². The van der Waals surface area contributed by atoms with Gasteiger partial charge in [0.25, 0.3) is 0 Å². The molecule has 4 unspecified atom stereocenters. The predicted octanol–water partition coefficient (Wildman–Crippen LogP) is 1.30. The van der Waals surface area contributed by atoms with E-state index in [1.807, 2.05) is 6.92 Å². The standard InChI is InChI=1S/C13H23NO2/c1-9(15)8-14-11-10-4-7-16-12(10)13(11)5-2-3-6-13/h9-12,14-15H,2-8H2,1H3. The van der Waals surface area contributed by atoms with E-state index in [9.17, 15) is 5.11 Å². The van der Waals surface area contributed by atoms with Crippen molar-refractivity contribution in [3.8, 4) is 0 Å². The zero-order valence-corrected chi connectivity index (χ0v) is 10.1. The minimum Gasteiger partial charge on any atom is -0.392 e. The highest BCUT2D eigenvalue weighted by molar-refractivity contribution is 5.16. The highest BCUT2D eigenvalue weighted by Crippen LogP contribution is 2.60. The summed E-state index contributed by atoms with van der Waals surface area (Å²) in [6.07, 6.45) is 6.88. The quantitative estimate of drug-likeness (QED) is 0.761. The molecule has 0 amide bonds. The third-order valence-corrected chi connectivity index (χ3v) is 4.92. The molecule has 2 saturated carbocycles. The number of hydrogen-bond donors (Lipinski definition) is 2. The van der Waals surface area contributed by atoms with Gasteiger partial charge in [0.1, 0.15) is 0 Å². The molecule has 92 valence electrons. The average molecular weight is 225 g/mol. The molecular weight excluding hydrogens is 202 g/mol. The maximum Gasteiger partial charge on any atom is 0.0690 e. The summed E-state index contributed by atoms with van der Waals surface area (Å²) in [7, 11) is 0. The largest absolute Gasteiger partial charge is 0.392 e. The van der Waals surface area contributed by atoms with Crippen LogP contribution >= 0.6 is 0 Å². The SMILES string of the molecule is CC(O)CNC1C2CCOC2C12CCCC2. The Kier molecular flexibility index (Phi) is 2.73. The number of aliphatic hydroxyl groups is 1. The highest BCUT2D eigenvalue weighted by Gasteiger charge is 2.64. The molecule has 1 spiro atoms. The van der Waals surface area contributed by atoms with Crippen LogP contribution in [0.1, 0.15) is 39.0 Å². The van der Waals surface area contributed by atoms with Crippen LogP contribution in [0.2, 0.25) is 0 Å². The van der Waals surface area contributed by atoms with Crippen LogP contribution in [0.4, 0.5) is 0 Å². The van der Waals surface area contributed by atoms with Gasteiger partial charge in [-0.15, -0.1) is 0 Å². The minimum atomic E-state index is -0.236. The number of rotatable bonds is 3. The monoisotopic (exact) mass is 225 g/mol. The molecule has 3 aliphatic rings. The van der Waals surface area contributed by atoms with Gasteiger partial charge in [-0.25, -0.2) is 0 Å². The normalized spacial score (nSPS) is 42.0. The Morgan fingerprint density at radius 3 is 2.88 bits per heavy atom. The van der Waals surface area contributed by atoms with Gasteiger partial charge in [-0.05, 0) is 26.2 Å². The number of fused-ring (bicyclic) bond motifs is 2. The van der Waals surface area contributed by atoms with Crippen molar-refractivity contribution >= 4 is 0 Å². The van der Waals surface area contributed by atoms with Crippen molar-refractivity contribution in [2.45, 2.75) is 57.3 Å². The van der Waals surface area contributed by atoms with E-state index < -0.39 is 0 Å². The number of ether oxygens (including phenoxy) is 1. The molecule has 3 fully saturated rings. The fourth-order valence-electron chi connectivity index (χ4n) is 4.31. The fraction of sp³-hybridized carbons (Fsp3) is 1.00. The summed E-state index contributed by atoms with van der Waals surface area (Å²) in [6.45, 7) is 3.54. The van der Waals surface area contributed by atoms with Crippen molar-refractivity contribution in [2.24, 2.45) is 11.3 Å². The van der Waals surface area contributed by atoms with E-state index >= 15 is 0 Å². The third kappa shape index (κ3) is 1.45. The first kappa shape index (κ1) is 11.0. The van der Waals surface area contributed by atoms with E-state index in [0.717, 1.165) is 19.1 Å². The summed E-state index contributed by atoms with van der Waals surface area (Å²) < 4.78 is 5.92. The van der Waals surface area contributed by atoms with Crippen LogP contribution in [0.3, 0.4) is 0 Å². The molecule has 0 aromatic rings. The van der Waals surface area contributed by atoms with E-state index in [2.05, 4.69) is 5.32 Å². The molecule has 3 heteroatoms. The van der Waals surface area contributed by atoms with E-state index in [0.29, 0.717) is 17.6 Å². The molecule has 0 bridgehead atoms. The second-order valence-electron chi connectivity index (χ2n) is 5.92. The first-order valence-electron chi connectivity index (χ1n) is 6.77. The van der Waals surface area contributed by atoms with Crippen molar-refractivity contribution in [3.05, 3.63) is 0 Å². The van der Waals surface area contributed by atoms with E-state index in [4.69, 9.17) is 4.74 Å². The first-order chi connectivity index (χ1) is 7.74.